The van der Waals surface area contributed by atoms with Crippen molar-refractivity contribution in [3.05, 3.63) is 59.8 Å². The summed E-state index contributed by atoms with van der Waals surface area (Å²) in [7, 11) is 0. The van der Waals surface area contributed by atoms with Crippen molar-refractivity contribution in [1.82, 2.24) is 4.98 Å². The van der Waals surface area contributed by atoms with Crippen LogP contribution in [0.3, 0.4) is 0 Å². The summed E-state index contributed by atoms with van der Waals surface area (Å²) in [5.41, 5.74) is 6.84. The van der Waals surface area contributed by atoms with E-state index in [1.165, 1.54) is 11.8 Å². The SMILES string of the molecule is NC(=O)c1ccc(NCCc2ccccc2)nc1. The number of carbonyl (C=O) groups is 1. The van der Waals surface area contributed by atoms with E-state index in [-0.39, 0.29) is 0 Å². The molecule has 4 nitrogen and oxygen atoms in total. The lowest BCUT2D eigenvalue weighted by Gasteiger charge is -2.05. The van der Waals surface area contributed by atoms with E-state index in [2.05, 4.69) is 22.4 Å². The Morgan fingerprint density at radius 3 is 2.56 bits per heavy atom. The second-order valence-corrected chi connectivity index (χ2v) is 3.96. The van der Waals surface area contributed by atoms with Crippen LogP contribution in [0.2, 0.25) is 0 Å². The van der Waals surface area contributed by atoms with E-state index in [1.807, 2.05) is 18.2 Å². The third-order valence-electron chi connectivity index (χ3n) is 2.61. The van der Waals surface area contributed by atoms with Crippen LogP contribution in [0.1, 0.15) is 15.9 Å². The molecule has 1 aromatic carbocycles. The van der Waals surface area contributed by atoms with Crippen LogP contribution in [0.15, 0.2) is 48.7 Å². The molecule has 0 saturated heterocycles. The van der Waals surface area contributed by atoms with Crippen LogP contribution < -0.4 is 11.1 Å². The number of amides is 1. The molecule has 0 aliphatic heterocycles. The van der Waals surface area contributed by atoms with Gasteiger partial charge in [-0.3, -0.25) is 4.79 Å². The van der Waals surface area contributed by atoms with Crippen molar-refractivity contribution in [2.75, 3.05) is 11.9 Å². The van der Waals surface area contributed by atoms with E-state index in [0.29, 0.717) is 5.56 Å². The zero-order chi connectivity index (χ0) is 12.8. The van der Waals surface area contributed by atoms with Crippen LogP contribution in [0.5, 0.6) is 0 Å². The van der Waals surface area contributed by atoms with Crippen molar-refractivity contribution in [3.63, 3.8) is 0 Å². The predicted octanol–water partition coefficient (Wildman–Crippen LogP) is 1.84. The van der Waals surface area contributed by atoms with Crippen molar-refractivity contribution < 1.29 is 4.79 Å². The Hall–Kier alpha value is -2.36. The van der Waals surface area contributed by atoms with Gasteiger partial charge in [-0.15, -0.1) is 0 Å². The van der Waals surface area contributed by atoms with Gasteiger partial charge in [-0.1, -0.05) is 30.3 Å². The minimum absolute atomic E-state index is 0.420. The summed E-state index contributed by atoms with van der Waals surface area (Å²) < 4.78 is 0. The molecular formula is C14H15N3O. The van der Waals surface area contributed by atoms with Crippen molar-refractivity contribution in [2.45, 2.75) is 6.42 Å². The standard InChI is InChI=1S/C14H15N3O/c15-14(18)12-6-7-13(17-10-12)16-9-8-11-4-2-1-3-5-11/h1-7,10H,8-9H2,(H2,15,18)(H,16,17). The maximum absolute atomic E-state index is 10.9. The molecule has 2 aromatic rings. The molecule has 4 heteroatoms. The third kappa shape index (κ3) is 3.31. The van der Waals surface area contributed by atoms with Crippen LogP contribution >= 0.6 is 0 Å². The number of nitrogens with zero attached hydrogens (tertiary/aromatic N) is 1. The Balaban J connectivity index is 1.85. The second kappa shape index (κ2) is 5.82. The summed E-state index contributed by atoms with van der Waals surface area (Å²) in [5, 5.41) is 3.20. The van der Waals surface area contributed by atoms with E-state index < -0.39 is 5.91 Å². The zero-order valence-electron chi connectivity index (χ0n) is 9.97. The number of carbonyl (C=O) groups excluding carboxylic acids is 1. The summed E-state index contributed by atoms with van der Waals surface area (Å²) in [4.78, 5) is 15.0. The highest BCUT2D eigenvalue weighted by Crippen LogP contribution is 2.05. The molecule has 0 aliphatic rings. The molecule has 0 radical (unpaired) electrons. The molecule has 0 atom stereocenters. The quantitative estimate of drug-likeness (QED) is 0.839. The number of rotatable bonds is 5. The van der Waals surface area contributed by atoms with Gasteiger partial charge in [0.15, 0.2) is 0 Å². The highest BCUT2D eigenvalue weighted by Gasteiger charge is 2.00. The fourth-order valence-electron chi connectivity index (χ4n) is 1.62. The van der Waals surface area contributed by atoms with E-state index in [0.717, 1.165) is 18.8 Å². The van der Waals surface area contributed by atoms with Gasteiger partial charge in [0.05, 0.1) is 5.56 Å². The molecule has 1 heterocycles. The van der Waals surface area contributed by atoms with Gasteiger partial charge in [-0.25, -0.2) is 4.98 Å². The topological polar surface area (TPSA) is 68.0 Å². The normalized spacial score (nSPS) is 10.0. The van der Waals surface area contributed by atoms with Gasteiger partial charge < -0.3 is 11.1 Å². The molecule has 1 amide bonds. The lowest BCUT2D eigenvalue weighted by atomic mass is 10.1. The number of anilines is 1. The summed E-state index contributed by atoms with van der Waals surface area (Å²) in [6.07, 6.45) is 2.41. The number of aromatic nitrogens is 1. The summed E-state index contributed by atoms with van der Waals surface area (Å²) in [5.74, 6) is 0.286. The Labute approximate surface area is 106 Å². The van der Waals surface area contributed by atoms with Gasteiger partial charge in [-0.05, 0) is 24.1 Å². The Morgan fingerprint density at radius 1 is 1.17 bits per heavy atom. The van der Waals surface area contributed by atoms with E-state index in [9.17, 15) is 4.79 Å². The van der Waals surface area contributed by atoms with Crippen molar-refractivity contribution in [2.24, 2.45) is 5.73 Å². The fourth-order valence-corrected chi connectivity index (χ4v) is 1.62. The smallest absolute Gasteiger partial charge is 0.250 e. The first-order valence-corrected chi connectivity index (χ1v) is 5.79. The maximum atomic E-state index is 10.9. The number of nitrogens with two attached hydrogens (primary N) is 1. The first-order chi connectivity index (χ1) is 8.75. The van der Waals surface area contributed by atoms with Gasteiger partial charge >= 0.3 is 0 Å². The van der Waals surface area contributed by atoms with Crippen LogP contribution in [0.4, 0.5) is 5.82 Å². The van der Waals surface area contributed by atoms with Crippen molar-refractivity contribution in [3.8, 4) is 0 Å². The van der Waals surface area contributed by atoms with Gasteiger partial charge in [-0.2, -0.15) is 0 Å². The lowest BCUT2D eigenvalue weighted by molar-refractivity contribution is 0.1000. The van der Waals surface area contributed by atoms with Gasteiger partial charge in [0.1, 0.15) is 5.82 Å². The van der Waals surface area contributed by atoms with E-state index >= 15 is 0 Å². The molecule has 0 saturated carbocycles. The lowest BCUT2D eigenvalue weighted by Crippen LogP contribution is -2.12. The van der Waals surface area contributed by atoms with E-state index in [4.69, 9.17) is 5.73 Å². The molecule has 18 heavy (non-hydrogen) atoms. The Kier molecular flexibility index (Phi) is 3.91. The molecule has 0 bridgehead atoms. The summed E-state index contributed by atoms with van der Waals surface area (Å²) >= 11 is 0. The number of primary amides is 1. The first-order valence-electron chi connectivity index (χ1n) is 5.79. The molecule has 0 unspecified atom stereocenters. The molecule has 0 spiro atoms. The van der Waals surface area contributed by atoms with Crippen LogP contribution in [0.25, 0.3) is 0 Å². The van der Waals surface area contributed by atoms with E-state index in [1.54, 1.807) is 12.1 Å². The monoisotopic (exact) mass is 241 g/mol. The average molecular weight is 241 g/mol. The largest absolute Gasteiger partial charge is 0.370 e. The zero-order valence-corrected chi connectivity index (χ0v) is 9.97. The highest BCUT2D eigenvalue weighted by molar-refractivity contribution is 5.92. The Morgan fingerprint density at radius 2 is 1.94 bits per heavy atom. The number of hydrogen-bond acceptors (Lipinski definition) is 3. The molecular weight excluding hydrogens is 226 g/mol. The minimum Gasteiger partial charge on any atom is -0.370 e. The minimum atomic E-state index is -0.460. The van der Waals surface area contributed by atoms with Gasteiger partial charge in [0.2, 0.25) is 5.91 Å². The third-order valence-corrected chi connectivity index (χ3v) is 2.61. The molecule has 0 fully saturated rings. The summed E-state index contributed by atoms with van der Waals surface area (Å²) in [6.45, 7) is 0.799. The fraction of sp³-hybridized carbons (Fsp3) is 0.143. The van der Waals surface area contributed by atoms with Crippen LogP contribution in [-0.2, 0) is 6.42 Å². The van der Waals surface area contributed by atoms with Crippen LogP contribution in [0, 0.1) is 0 Å². The highest BCUT2D eigenvalue weighted by atomic mass is 16.1. The summed E-state index contributed by atoms with van der Waals surface area (Å²) in [6, 6.07) is 13.6. The van der Waals surface area contributed by atoms with Gasteiger partial charge in [0.25, 0.3) is 0 Å². The van der Waals surface area contributed by atoms with Gasteiger partial charge in [0, 0.05) is 12.7 Å². The molecule has 1 aromatic heterocycles. The Bertz CT molecular complexity index is 508. The second-order valence-electron chi connectivity index (χ2n) is 3.96. The number of nitrogens with one attached hydrogen (secondary N) is 1. The molecule has 92 valence electrons. The molecule has 0 aliphatic carbocycles. The number of pyridine rings is 1. The molecule has 3 N–H and O–H groups in total. The molecule has 2 rings (SSSR count). The number of benzene rings is 1. The number of hydrogen-bond donors (Lipinski definition) is 2. The predicted molar refractivity (Wildman–Crippen MR) is 71.4 cm³/mol. The van der Waals surface area contributed by atoms with Crippen molar-refractivity contribution >= 4 is 11.7 Å². The van der Waals surface area contributed by atoms with Crippen LogP contribution in [-0.4, -0.2) is 17.4 Å². The van der Waals surface area contributed by atoms with Crippen molar-refractivity contribution in [1.29, 1.82) is 0 Å². The average Bonchev–Trinajstić information content (AvgIpc) is 2.40. The first kappa shape index (κ1) is 12.1. The maximum Gasteiger partial charge on any atom is 0.250 e.